The van der Waals surface area contributed by atoms with Gasteiger partial charge in [0.2, 0.25) is 5.91 Å². The molecule has 0 aromatic heterocycles. The van der Waals surface area contributed by atoms with Crippen LogP contribution in [0.4, 0.5) is 5.69 Å². The number of likely N-dealkylation sites (tertiary alicyclic amines) is 1. The highest BCUT2D eigenvalue weighted by Gasteiger charge is 2.28. The molecule has 2 rings (SSSR count). The number of nitrogens with two attached hydrogens (primary N) is 2. The summed E-state index contributed by atoms with van der Waals surface area (Å²) in [6.45, 7) is 4.05. The van der Waals surface area contributed by atoms with Gasteiger partial charge in [0.05, 0.1) is 4.92 Å². The molecule has 0 spiro atoms. The summed E-state index contributed by atoms with van der Waals surface area (Å²) in [5.74, 6) is -0.296. The van der Waals surface area contributed by atoms with Crippen molar-refractivity contribution in [3.05, 3.63) is 39.4 Å². The van der Waals surface area contributed by atoms with E-state index in [1.54, 1.807) is 6.07 Å². The highest BCUT2D eigenvalue weighted by Crippen LogP contribution is 2.24. The molecule has 0 radical (unpaired) electrons. The first kappa shape index (κ1) is 14.4. The first-order chi connectivity index (χ1) is 9.38. The number of primary amides is 1. The first-order valence-electron chi connectivity index (χ1n) is 6.43. The third-order valence-corrected chi connectivity index (χ3v) is 3.71. The van der Waals surface area contributed by atoms with E-state index < -0.39 is 10.8 Å². The summed E-state index contributed by atoms with van der Waals surface area (Å²) in [5, 5.41) is 11.1. The maximum Gasteiger partial charge on any atom is 0.274 e. The lowest BCUT2D eigenvalue weighted by atomic mass is 10.1. The Morgan fingerprint density at radius 1 is 1.50 bits per heavy atom. The summed E-state index contributed by atoms with van der Waals surface area (Å²) in [6.07, 6.45) is 0. The number of carbonyl (C=O) groups is 1. The summed E-state index contributed by atoms with van der Waals surface area (Å²) in [4.78, 5) is 23.8. The van der Waals surface area contributed by atoms with Crippen molar-refractivity contribution < 1.29 is 9.72 Å². The molecule has 1 amide bonds. The number of nitrogens with zero attached hydrogens (tertiary/aromatic N) is 2. The van der Waals surface area contributed by atoms with Gasteiger partial charge in [-0.05, 0) is 12.0 Å². The Morgan fingerprint density at radius 3 is 2.70 bits per heavy atom. The summed E-state index contributed by atoms with van der Waals surface area (Å²) in [5.41, 5.74) is 11.7. The SMILES string of the molecule is CC1CN(Cc2ccc(C(N)=O)cc2[N+](=O)[O-])CC1N. The van der Waals surface area contributed by atoms with Crippen LogP contribution in [0.3, 0.4) is 0 Å². The molecule has 7 nitrogen and oxygen atoms in total. The molecule has 4 N–H and O–H groups in total. The zero-order valence-corrected chi connectivity index (χ0v) is 11.3. The number of nitro benzene ring substituents is 1. The van der Waals surface area contributed by atoms with Crippen molar-refractivity contribution in [3.63, 3.8) is 0 Å². The molecule has 1 aromatic carbocycles. The molecule has 1 fully saturated rings. The molecule has 2 atom stereocenters. The molecule has 0 bridgehead atoms. The second-order valence-corrected chi connectivity index (χ2v) is 5.30. The Morgan fingerprint density at radius 2 is 2.20 bits per heavy atom. The van der Waals surface area contributed by atoms with Gasteiger partial charge in [-0.2, -0.15) is 0 Å². The number of hydrogen-bond donors (Lipinski definition) is 2. The molecule has 0 aliphatic carbocycles. The van der Waals surface area contributed by atoms with Crippen LogP contribution in [0.2, 0.25) is 0 Å². The maximum absolute atomic E-state index is 11.1. The van der Waals surface area contributed by atoms with Crippen LogP contribution in [-0.4, -0.2) is 34.9 Å². The van der Waals surface area contributed by atoms with E-state index in [0.717, 1.165) is 13.1 Å². The van der Waals surface area contributed by atoms with E-state index in [4.69, 9.17) is 11.5 Å². The minimum atomic E-state index is -0.670. The summed E-state index contributed by atoms with van der Waals surface area (Å²) in [7, 11) is 0. The van der Waals surface area contributed by atoms with Crippen molar-refractivity contribution in [1.29, 1.82) is 0 Å². The predicted octanol–water partition coefficient (Wildman–Crippen LogP) is 0.473. The lowest BCUT2D eigenvalue weighted by Gasteiger charge is -2.15. The van der Waals surface area contributed by atoms with Crippen LogP contribution in [0.25, 0.3) is 0 Å². The van der Waals surface area contributed by atoms with Crippen LogP contribution in [0, 0.1) is 16.0 Å². The molecule has 1 aliphatic rings. The van der Waals surface area contributed by atoms with Gasteiger partial charge < -0.3 is 11.5 Å². The average Bonchev–Trinajstić information content (AvgIpc) is 2.68. The van der Waals surface area contributed by atoms with Crippen LogP contribution in [0.15, 0.2) is 18.2 Å². The third kappa shape index (κ3) is 2.94. The topological polar surface area (TPSA) is 115 Å². The van der Waals surface area contributed by atoms with Crippen LogP contribution >= 0.6 is 0 Å². The molecule has 2 unspecified atom stereocenters. The maximum atomic E-state index is 11.1. The van der Waals surface area contributed by atoms with Crippen LogP contribution in [-0.2, 0) is 6.54 Å². The monoisotopic (exact) mass is 278 g/mol. The van der Waals surface area contributed by atoms with Crippen molar-refractivity contribution in [1.82, 2.24) is 4.90 Å². The first-order valence-corrected chi connectivity index (χ1v) is 6.43. The van der Waals surface area contributed by atoms with Gasteiger partial charge in [0, 0.05) is 42.9 Å². The average molecular weight is 278 g/mol. The molecule has 1 heterocycles. The zero-order valence-electron chi connectivity index (χ0n) is 11.3. The Labute approximate surface area is 116 Å². The van der Waals surface area contributed by atoms with E-state index >= 15 is 0 Å². The number of rotatable bonds is 4. The van der Waals surface area contributed by atoms with Crippen LogP contribution in [0.1, 0.15) is 22.8 Å². The van der Waals surface area contributed by atoms with Crippen molar-refractivity contribution >= 4 is 11.6 Å². The van der Waals surface area contributed by atoms with Crippen LogP contribution in [0.5, 0.6) is 0 Å². The lowest BCUT2D eigenvalue weighted by Crippen LogP contribution is -2.28. The Hall–Kier alpha value is -1.99. The minimum Gasteiger partial charge on any atom is -0.366 e. The standard InChI is InChI=1S/C13H18N4O3/c1-8-5-16(7-11(8)14)6-10-3-2-9(13(15)18)4-12(10)17(19)20/h2-4,8,11H,5-7,14H2,1H3,(H2,15,18). The number of carbonyl (C=O) groups excluding carboxylic acids is 1. The largest absolute Gasteiger partial charge is 0.366 e. The zero-order chi connectivity index (χ0) is 14.9. The van der Waals surface area contributed by atoms with Crippen molar-refractivity contribution in [2.24, 2.45) is 17.4 Å². The van der Waals surface area contributed by atoms with Gasteiger partial charge in [0.25, 0.3) is 5.69 Å². The fourth-order valence-electron chi connectivity index (χ4n) is 2.49. The van der Waals surface area contributed by atoms with Crippen LogP contribution < -0.4 is 11.5 Å². The van der Waals surface area contributed by atoms with E-state index in [1.807, 2.05) is 0 Å². The fraction of sp³-hybridized carbons (Fsp3) is 0.462. The molecule has 7 heteroatoms. The molecule has 1 saturated heterocycles. The molecular formula is C13H18N4O3. The number of hydrogen-bond acceptors (Lipinski definition) is 5. The van der Waals surface area contributed by atoms with E-state index in [-0.39, 0.29) is 17.3 Å². The molecule has 108 valence electrons. The van der Waals surface area contributed by atoms with Crippen molar-refractivity contribution in [3.8, 4) is 0 Å². The van der Waals surface area contributed by atoms with Gasteiger partial charge in [0.15, 0.2) is 0 Å². The highest BCUT2D eigenvalue weighted by atomic mass is 16.6. The number of amides is 1. The molecule has 1 aromatic rings. The Balaban J connectivity index is 2.23. The normalized spacial score (nSPS) is 22.9. The van der Waals surface area contributed by atoms with E-state index in [2.05, 4.69) is 11.8 Å². The van der Waals surface area contributed by atoms with Gasteiger partial charge in [0.1, 0.15) is 0 Å². The van der Waals surface area contributed by atoms with E-state index in [0.29, 0.717) is 18.0 Å². The quantitative estimate of drug-likeness (QED) is 0.613. The third-order valence-electron chi connectivity index (χ3n) is 3.71. The fourth-order valence-corrected chi connectivity index (χ4v) is 2.49. The predicted molar refractivity (Wildman–Crippen MR) is 74.0 cm³/mol. The van der Waals surface area contributed by atoms with Gasteiger partial charge in [-0.15, -0.1) is 0 Å². The van der Waals surface area contributed by atoms with E-state index in [1.165, 1.54) is 12.1 Å². The molecule has 0 saturated carbocycles. The highest BCUT2D eigenvalue weighted by molar-refractivity contribution is 5.93. The second kappa shape index (κ2) is 5.56. The minimum absolute atomic E-state index is 0.0746. The van der Waals surface area contributed by atoms with Gasteiger partial charge in [-0.3, -0.25) is 19.8 Å². The lowest BCUT2D eigenvalue weighted by molar-refractivity contribution is -0.385. The summed E-state index contributed by atoms with van der Waals surface area (Å²) in [6, 6.07) is 4.44. The summed E-state index contributed by atoms with van der Waals surface area (Å²) >= 11 is 0. The van der Waals surface area contributed by atoms with Gasteiger partial charge >= 0.3 is 0 Å². The van der Waals surface area contributed by atoms with Crippen molar-refractivity contribution in [2.45, 2.75) is 19.5 Å². The number of benzene rings is 1. The number of nitro groups is 1. The molecule has 20 heavy (non-hydrogen) atoms. The second-order valence-electron chi connectivity index (χ2n) is 5.30. The van der Waals surface area contributed by atoms with Crippen molar-refractivity contribution in [2.75, 3.05) is 13.1 Å². The molecule has 1 aliphatic heterocycles. The Kier molecular flexibility index (Phi) is 4.01. The molecular weight excluding hydrogens is 260 g/mol. The smallest absolute Gasteiger partial charge is 0.274 e. The summed E-state index contributed by atoms with van der Waals surface area (Å²) < 4.78 is 0. The Bertz CT molecular complexity index is 536. The van der Waals surface area contributed by atoms with Gasteiger partial charge in [-0.1, -0.05) is 13.0 Å². The van der Waals surface area contributed by atoms with Gasteiger partial charge in [-0.25, -0.2) is 0 Å². The van der Waals surface area contributed by atoms with E-state index in [9.17, 15) is 14.9 Å².